The van der Waals surface area contributed by atoms with Crippen molar-refractivity contribution < 1.29 is 19.1 Å². The van der Waals surface area contributed by atoms with Gasteiger partial charge in [0.2, 0.25) is 0 Å². The van der Waals surface area contributed by atoms with E-state index in [4.69, 9.17) is 9.47 Å². The highest BCUT2D eigenvalue weighted by Gasteiger charge is 2.30. The standard InChI is InChI=1S/C19H24N2O4/c1-12-10-21(11-13(2)24-12)19(23)14(3)25-18(22)8-15-9-20-17-7-5-4-6-16(15)17/h4-7,9,12-14,20H,8,10-11H2,1-3H3/t12-,13+,14-/m1/s1. The SMILES string of the molecule is C[C@@H]1CN(C(=O)[C@@H](C)OC(=O)Cc2c[nH]c3ccccc23)C[C@H](C)O1. The molecular formula is C19H24N2O4. The number of hydrogen-bond acceptors (Lipinski definition) is 4. The van der Waals surface area contributed by atoms with Gasteiger partial charge in [0.1, 0.15) is 0 Å². The molecule has 1 amide bonds. The number of ether oxygens (including phenoxy) is 2. The third-order valence-corrected chi connectivity index (χ3v) is 4.40. The van der Waals surface area contributed by atoms with Crippen LogP contribution in [0.2, 0.25) is 0 Å². The number of carbonyl (C=O) groups excluding carboxylic acids is 2. The highest BCUT2D eigenvalue weighted by atomic mass is 16.5. The van der Waals surface area contributed by atoms with Gasteiger partial charge in [-0.15, -0.1) is 0 Å². The number of para-hydroxylation sites is 1. The molecule has 2 aromatic rings. The van der Waals surface area contributed by atoms with Gasteiger partial charge >= 0.3 is 5.97 Å². The van der Waals surface area contributed by atoms with Crippen LogP contribution in [-0.2, 0) is 25.5 Å². The first-order chi connectivity index (χ1) is 11.9. The minimum Gasteiger partial charge on any atom is -0.452 e. The summed E-state index contributed by atoms with van der Waals surface area (Å²) in [5.41, 5.74) is 1.85. The summed E-state index contributed by atoms with van der Waals surface area (Å²) >= 11 is 0. The molecule has 0 aliphatic carbocycles. The molecule has 1 aromatic carbocycles. The fourth-order valence-corrected chi connectivity index (χ4v) is 3.34. The van der Waals surface area contributed by atoms with Gasteiger partial charge in [0.25, 0.3) is 5.91 Å². The number of aromatic nitrogens is 1. The van der Waals surface area contributed by atoms with Crippen molar-refractivity contribution >= 4 is 22.8 Å². The highest BCUT2D eigenvalue weighted by molar-refractivity contribution is 5.88. The molecule has 0 saturated carbocycles. The number of amides is 1. The summed E-state index contributed by atoms with van der Waals surface area (Å²) in [6, 6.07) is 7.78. The Balaban J connectivity index is 1.59. The zero-order valence-electron chi connectivity index (χ0n) is 14.8. The highest BCUT2D eigenvalue weighted by Crippen LogP contribution is 2.19. The topological polar surface area (TPSA) is 71.6 Å². The van der Waals surface area contributed by atoms with Crippen molar-refractivity contribution in [2.45, 2.75) is 45.5 Å². The smallest absolute Gasteiger partial charge is 0.311 e. The molecule has 0 unspecified atom stereocenters. The second-order valence-electron chi connectivity index (χ2n) is 6.67. The zero-order chi connectivity index (χ0) is 18.0. The molecular weight excluding hydrogens is 320 g/mol. The summed E-state index contributed by atoms with van der Waals surface area (Å²) in [5.74, 6) is -0.575. The number of H-pyrrole nitrogens is 1. The Bertz CT molecular complexity index is 760. The largest absolute Gasteiger partial charge is 0.452 e. The molecule has 0 bridgehead atoms. The van der Waals surface area contributed by atoms with E-state index in [1.807, 2.05) is 44.3 Å². The third kappa shape index (κ3) is 4.02. The lowest BCUT2D eigenvalue weighted by Crippen LogP contribution is -2.51. The van der Waals surface area contributed by atoms with Gasteiger partial charge in [-0.25, -0.2) is 0 Å². The first-order valence-electron chi connectivity index (χ1n) is 8.62. The molecule has 3 atom stereocenters. The molecule has 1 aliphatic heterocycles. The van der Waals surface area contributed by atoms with Crippen LogP contribution in [0.15, 0.2) is 30.5 Å². The second-order valence-corrected chi connectivity index (χ2v) is 6.67. The lowest BCUT2D eigenvalue weighted by molar-refractivity contribution is -0.164. The summed E-state index contributed by atoms with van der Waals surface area (Å²) in [6.45, 7) is 6.54. The van der Waals surface area contributed by atoms with Gasteiger partial charge in [-0.05, 0) is 32.4 Å². The Morgan fingerprint density at radius 3 is 2.68 bits per heavy atom. The molecule has 6 heteroatoms. The van der Waals surface area contributed by atoms with Crippen LogP contribution in [0, 0.1) is 0 Å². The van der Waals surface area contributed by atoms with E-state index < -0.39 is 12.1 Å². The third-order valence-electron chi connectivity index (χ3n) is 4.40. The van der Waals surface area contributed by atoms with Crippen molar-refractivity contribution in [3.63, 3.8) is 0 Å². The molecule has 134 valence electrons. The van der Waals surface area contributed by atoms with Gasteiger partial charge in [-0.3, -0.25) is 9.59 Å². The van der Waals surface area contributed by atoms with Gasteiger partial charge in [0.05, 0.1) is 18.6 Å². The number of esters is 1. The molecule has 1 N–H and O–H groups in total. The van der Waals surface area contributed by atoms with Gasteiger partial charge in [-0.2, -0.15) is 0 Å². The first kappa shape index (κ1) is 17.5. The molecule has 3 rings (SSSR count). The molecule has 1 saturated heterocycles. The maximum Gasteiger partial charge on any atom is 0.311 e. The maximum absolute atomic E-state index is 12.5. The van der Waals surface area contributed by atoms with Crippen molar-refractivity contribution in [2.24, 2.45) is 0 Å². The van der Waals surface area contributed by atoms with Crippen molar-refractivity contribution in [2.75, 3.05) is 13.1 Å². The van der Waals surface area contributed by atoms with Gasteiger partial charge in [0.15, 0.2) is 6.10 Å². The summed E-state index contributed by atoms with van der Waals surface area (Å²) < 4.78 is 11.0. The summed E-state index contributed by atoms with van der Waals surface area (Å²) in [5, 5.41) is 0.995. The van der Waals surface area contributed by atoms with Gasteiger partial charge < -0.3 is 19.4 Å². The predicted octanol–water partition coefficient (Wildman–Crippen LogP) is 2.28. The Hall–Kier alpha value is -2.34. The van der Waals surface area contributed by atoms with E-state index in [0.29, 0.717) is 13.1 Å². The molecule has 25 heavy (non-hydrogen) atoms. The van der Waals surface area contributed by atoms with E-state index in [1.165, 1.54) is 0 Å². The Morgan fingerprint density at radius 1 is 1.28 bits per heavy atom. The van der Waals surface area contributed by atoms with Crippen LogP contribution in [0.1, 0.15) is 26.3 Å². The van der Waals surface area contributed by atoms with Crippen LogP contribution in [0.3, 0.4) is 0 Å². The minimum absolute atomic E-state index is 0.0122. The lowest BCUT2D eigenvalue weighted by Gasteiger charge is -2.36. The number of benzene rings is 1. The van der Waals surface area contributed by atoms with E-state index in [-0.39, 0.29) is 24.5 Å². The average molecular weight is 344 g/mol. The lowest BCUT2D eigenvalue weighted by atomic mass is 10.1. The average Bonchev–Trinajstić information content (AvgIpc) is 2.96. The quantitative estimate of drug-likeness (QED) is 0.864. The molecule has 0 spiro atoms. The number of rotatable bonds is 4. The molecule has 6 nitrogen and oxygen atoms in total. The van der Waals surface area contributed by atoms with Crippen LogP contribution in [0.5, 0.6) is 0 Å². The first-order valence-corrected chi connectivity index (χ1v) is 8.62. The van der Waals surface area contributed by atoms with Crippen LogP contribution in [-0.4, -0.2) is 53.2 Å². The zero-order valence-corrected chi connectivity index (χ0v) is 14.8. The van der Waals surface area contributed by atoms with E-state index in [2.05, 4.69) is 4.98 Å². The fourth-order valence-electron chi connectivity index (χ4n) is 3.34. The van der Waals surface area contributed by atoms with Crippen molar-refractivity contribution in [3.8, 4) is 0 Å². The van der Waals surface area contributed by atoms with Gasteiger partial charge in [-0.1, -0.05) is 18.2 Å². The number of nitrogens with zero attached hydrogens (tertiary/aromatic N) is 1. The Labute approximate surface area is 147 Å². The summed E-state index contributed by atoms with van der Waals surface area (Å²) in [4.78, 5) is 29.6. The minimum atomic E-state index is -0.796. The fraction of sp³-hybridized carbons (Fsp3) is 0.474. The second kappa shape index (κ2) is 7.27. The van der Waals surface area contributed by atoms with E-state index in [0.717, 1.165) is 16.5 Å². The van der Waals surface area contributed by atoms with Crippen molar-refractivity contribution in [1.29, 1.82) is 0 Å². The Morgan fingerprint density at radius 2 is 1.96 bits per heavy atom. The van der Waals surface area contributed by atoms with Crippen LogP contribution >= 0.6 is 0 Å². The van der Waals surface area contributed by atoms with Crippen molar-refractivity contribution in [1.82, 2.24) is 9.88 Å². The van der Waals surface area contributed by atoms with E-state index in [1.54, 1.807) is 11.8 Å². The van der Waals surface area contributed by atoms with Crippen LogP contribution < -0.4 is 0 Å². The predicted molar refractivity (Wildman–Crippen MR) is 94.1 cm³/mol. The molecule has 1 aliphatic rings. The molecule has 1 aromatic heterocycles. The number of nitrogens with one attached hydrogen (secondary N) is 1. The Kier molecular flexibility index (Phi) is 5.08. The summed E-state index contributed by atoms with van der Waals surface area (Å²) in [7, 11) is 0. The number of aromatic amines is 1. The monoisotopic (exact) mass is 344 g/mol. The number of fused-ring (bicyclic) bond motifs is 1. The summed E-state index contributed by atoms with van der Waals surface area (Å²) in [6.07, 6.45) is 1.13. The maximum atomic E-state index is 12.5. The number of morpholine rings is 1. The van der Waals surface area contributed by atoms with E-state index >= 15 is 0 Å². The van der Waals surface area contributed by atoms with E-state index in [9.17, 15) is 9.59 Å². The molecule has 0 radical (unpaired) electrons. The molecule has 1 fully saturated rings. The van der Waals surface area contributed by atoms with Crippen LogP contribution in [0.25, 0.3) is 10.9 Å². The number of carbonyl (C=O) groups is 2. The number of hydrogen-bond donors (Lipinski definition) is 1. The van der Waals surface area contributed by atoms with Gasteiger partial charge in [0, 0.05) is 30.2 Å². The van der Waals surface area contributed by atoms with Crippen LogP contribution in [0.4, 0.5) is 0 Å². The van der Waals surface area contributed by atoms with Crippen molar-refractivity contribution in [3.05, 3.63) is 36.0 Å². The molecule has 2 heterocycles. The normalized spacial score (nSPS) is 22.0.